The van der Waals surface area contributed by atoms with Crippen LogP contribution in [0.1, 0.15) is 25.0 Å². The number of benzene rings is 9. The number of para-hydroxylation sites is 2. The van der Waals surface area contributed by atoms with Crippen molar-refractivity contribution in [2.45, 2.75) is 19.3 Å². The van der Waals surface area contributed by atoms with Crippen molar-refractivity contribution in [2.75, 3.05) is 9.80 Å². The Balaban J connectivity index is 1.04. The Hall–Kier alpha value is -7.42. The minimum atomic E-state index is -0.104. The Kier molecular flexibility index (Phi) is 9.24. The quantitative estimate of drug-likeness (QED) is 0.145. The Labute approximate surface area is 347 Å². The van der Waals surface area contributed by atoms with Gasteiger partial charge in [0.1, 0.15) is 0 Å². The highest BCUT2D eigenvalue weighted by molar-refractivity contribution is 5.89. The highest BCUT2D eigenvalue weighted by Gasteiger charge is 2.36. The van der Waals surface area contributed by atoms with Crippen molar-refractivity contribution in [2.24, 2.45) is 0 Å². The van der Waals surface area contributed by atoms with Gasteiger partial charge >= 0.3 is 0 Å². The van der Waals surface area contributed by atoms with E-state index in [0.29, 0.717) is 0 Å². The average Bonchev–Trinajstić information content (AvgIpc) is 3.53. The van der Waals surface area contributed by atoms with E-state index in [9.17, 15) is 0 Å². The van der Waals surface area contributed by atoms with E-state index < -0.39 is 0 Å². The van der Waals surface area contributed by atoms with Crippen molar-refractivity contribution in [3.63, 3.8) is 0 Å². The summed E-state index contributed by atoms with van der Waals surface area (Å²) in [6.45, 7) is 4.71. The van der Waals surface area contributed by atoms with E-state index in [1.54, 1.807) is 0 Å². The number of nitrogens with zero attached hydrogens (tertiary/aromatic N) is 2. The van der Waals surface area contributed by atoms with Crippen molar-refractivity contribution in [3.8, 4) is 44.5 Å². The minimum absolute atomic E-state index is 0.104. The molecule has 2 heteroatoms. The molecule has 9 aromatic rings. The topological polar surface area (TPSA) is 6.48 Å². The van der Waals surface area contributed by atoms with Gasteiger partial charge in [0.2, 0.25) is 0 Å². The summed E-state index contributed by atoms with van der Waals surface area (Å²) in [7, 11) is 0. The molecule has 282 valence electrons. The molecule has 0 saturated heterocycles. The molecule has 2 nitrogen and oxygen atoms in total. The van der Waals surface area contributed by atoms with Crippen molar-refractivity contribution in [1.82, 2.24) is 0 Å². The van der Waals surface area contributed by atoms with Gasteiger partial charge < -0.3 is 9.80 Å². The first-order valence-corrected chi connectivity index (χ1v) is 20.4. The standard InChI is InChI=1S/C57H44N2/c1-57(2)55-36-30-46(42-18-9-4-10-19-42)39-53(55)54-40-52(35-37-56(54)57)59(51-25-15-20-45(38-51)41-16-7-3-8-17-41)50-33-28-44(29-34-50)43-26-31-49(32-27-43)58(47-21-11-5-12-22-47)48-23-13-6-14-24-48/h3-40H,1-2H3. The summed E-state index contributed by atoms with van der Waals surface area (Å²) in [6.07, 6.45) is 0. The van der Waals surface area contributed by atoms with Crippen molar-refractivity contribution in [1.29, 1.82) is 0 Å². The Morgan fingerprint density at radius 2 is 0.576 bits per heavy atom. The van der Waals surface area contributed by atoms with E-state index in [0.717, 1.165) is 34.1 Å². The maximum atomic E-state index is 2.41. The number of anilines is 6. The summed E-state index contributed by atoms with van der Waals surface area (Å²) in [4.78, 5) is 4.70. The third-order valence-corrected chi connectivity index (χ3v) is 11.8. The molecule has 0 bridgehead atoms. The van der Waals surface area contributed by atoms with Crippen LogP contribution in [-0.4, -0.2) is 0 Å². The average molecular weight is 757 g/mol. The lowest BCUT2D eigenvalue weighted by molar-refractivity contribution is 0.660. The van der Waals surface area contributed by atoms with Crippen molar-refractivity contribution >= 4 is 34.1 Å². The largest absolute Gasteiger partial charge is 0.311 e. The molecular weight excluding hydrogens is 713 g/mol. The molecule has 1 aliphatic carbocycles. The number of fused-ring (bicyclic) bond motifs is 3. The van der Waals surface area contributed by atoms with Crippen LogP contribution >= 0.6 is 0 Å². The molecule has 0 saturated carbocycles. The van der Waals surface area contributed by atoms with Gasteiger partial charge in [-0.2, -0.15) is 0 Å². The molecule has 10 rings (SSSR count). The fourth-order valence-corrected chi connectivity index (χ4v) is 8.82. The third kappa shape index (κ3) is 6.79. The van der Waals surface area contributed by atoms with Crippen molar-refractivity contribution in [3.05, 3.63) is 242 Å². The Bertz CT molecular complexity index is 2830. The van der Waals surface area contributed by atoms with E-state index >= 15 is 0 Å². The van der Waals surface area contributed by atoms with Crippen LogP contribution in [0.4, 0.5) is 34.1 Å². The van der Waals surface area contributed by atoms with Gasteiger partial charge in [0.15, 0.2) is 0 Å². The second kappa shape index (κ2) is 15.2. The van der Waals surface area contributed by atoms with Gasteiger partial charge in [-0.05, 0) is 134 Å². The maximum Gasteiger partial charge on any atom is 0.0468 e. The number of hydrogen-bond acceptors (Lipinski definition) is 2. The second-order valence-electron chi connectivity index (χ2n) is 15.8. The highest BCUT2D eigenvalue weighted by atomic mass is 15.1. The predicted octanol–water partition coefficient (Wildman–Crippen LogP) is 15.9. The fourth-order valence-electron chi connectivity index (χ4n) is 8.82. The summed E-state index contributed by atoms with van der Waals surface area (Å²) in [6, 6.07) is 83.4. The van der Waals surface area contributed by atoms with E-state index in [1.165, 1.54) is 55.6 Å². The summed E-state index contributed by atoms with van der Waals surface area (Å²) in [5.74, 6) is 0. The van der Waals surface area contributed by atoms with Gasteiger partial charge in [-0.1, -0.05) is 166 Å². The first-order valence-electron chi connectivity index (χ1n) is 20.4. The minimum Gasteiger partial charge on any atom is -0.311 e. The third-order valence-electron chi connectivity index (χ3n) is 11.8. The molecule has 9 aromatic carbocycles. The van der Waals surface area contributed by atoms with Crippen LogP contribution in [-0.2, 0) is 5.41 Å². The van der Waals surface area contributed by atoms with Gasteiger partial charge in [-0.25, -0.2) is 0 Å². The lowest BCUT2D eigenvalue weighted by Gasteiger charge is -2.28. The zero-order valence-corrected chi connectivity index (χ0v) is 33.3. The second-order valence-corrected chi connectivity index (χ2v) is 15.8. The van der Waals surface area contributed by atoms with Gasteiger partial charge in [-0.15, -0.1) is 0 Å². The van der Waals surface area contributed by atoms with Crippen LogP contribution in [0.25, 0.3) is 44.5 Å². The molecule has 0 atom stereocenters. The molecule has 0 N–H and O–H groups in total. The van der Waals surface area contributed by atoms with E-state index in [1.807, 2.05) is 0 Å². The molecule has 0 spiro atoms. The molecule has 0 radical (unpaired) electrons. The molecule has 1 aliphatic rings. The lowest BCUT2D eigenvalue weighted by atomic mass is 9.82. The van der Waals surface area contributed by atoms with E-state index in [2.05, 4.69) is 254 Å². The summed E-state index contributed by atoms with van der Waals surface area (Å²) in [5.41, 5.74) is 19.1. The van der Waals surface area contributed by atoms with Crippen LogP contribution < -0.4 is 9.80 Å². The number of rotatable bonds is 9. The molecule has 0 heterocycles. The van der Waals surface area contributed by atoms with Gasteiger partial charge in [-0.3, -0.25) is 0 Å². The lowest BCUT2D eigenvalue weighted by Crippen LogP contribution is -2.15. The summed E-state index contributed by atoms with van der Waals surface area (Å²) < 4.78 is 0. The van der Waals surface area contributed by atoms with Crippen LogP contribution in [0.15, 0.2) is 231 Å². The van der Waals surface area contributed by atoms with E-state index in [-0.39, 0.29) is 5.41 Å². The Morgan fingerprint density at radius 3 is 1.10 bits per heavy atom. The molecule has 0 fully saturated rings. The normalized spacial score (nSPS) is 12.4. The van der Waals surface area contributed by atoms with Crippen LogP contribution in [0.2, 0.25) is 0 Å². The van der Waals surface area contributed by atoms with Gasteiger partial charge in [0, 0.05) is 39.5 Å². The molecule has 0 unspecified atom stereocenters. The van der Waals surface area contributed by atoms with Gasteiger partial charge in [0.25, 0.3) is 0 Å². The zero-order valence-electron chi connectivity index (χ0n) is 33.3. The van der Waals surface area contributed by atoms with Crippen LogP contribution in [0, 0.1) is 0 Å². The Morgan fingerprint density at radius 1 is 0.254 bits per heavy atom. The van der Waals surface area contributed by atoms with Crippen LogP contribution in [0.5, 0.6) is 0 Å². The monoisotopic (exact) mass is 756 g/mol. The van der Waals surface area contributed by atoms with Crippen molar-refractivity contribution < 1.29 is 0 Å². The predicted molar refractivity (Wildman–Crippen MR) is 250 cm³/mol. The number of hydrogen-bond donors (Lipinski definition) is 0. The zero-order chi connectivity index (χ0) is 39.8. The highest BCUT2D eigenvalue weighted by Crippen LogP contribution is 2.52. The van der Waals surface area contributed by atoms with E-state index in [4.69, 9.17) is 0 Å². The van der Waals surface area contributed by atoms with Crippen LogP contribution in [0.3, 0.4) is 0 Å². The summed E-state index contributed by atoms with van der Waals surface area (Å²) >= 11 is 0. The SMILES string of the molecule is CC1(C)c2ccc(-c3ccccc3)cc2-c2cc(N(c3ccc(-c4ccc(N(c5ccccc5)c5ccccc5)cc4)cc3)c3cccc(-c4ccccc4)c3)ccc21. The van der Waals surface area contributed by atoms with Gasteiger partial charge in [0.05, 0.1) is 0 Å². The molecular formula is C57H44N2. The molecule has 0 aromatic heterocycles. The fraction of sp³-hybridized carbons (Fsp3) is 0.0526. The first kappa shape index (κ1) is 36.0. The summed E-state index contributed by atoms with van der Waals surface area (Å²) in [5, 5.41) is 0. The molecule has 59 heavy (non-hydrogen) atoms. The maximum absolute atomic E-state index is 2.41. The molecule has 0 aliphatic heterocycles. The first-order chi connectivity index (χ1) is 29.0. The smallest absolute Gasteiger partial charge is 0.0468 e. The molecule has 0 amide bonds.